The highest BCUT2D eigenvalue weighted by atomic mass is 32.1. The number of nitrogens with zero attached hydrogens (tertiary/aromatic N) is 3. The predicted octanol–water partition coefficient (Wildman–Crippen LogP) is 10.1. The van der Waals surface area contributed by atoms with E-state index in [4.69, 9.17) is 16.0 Å². The van der Waals surface area contributed by atoms with E-state index in [1.807, 2.05) is 11.3 Å². The minimum absolute atomic E-state index is 0. The molecule has 3 heterocycles. The molecule has 11 heteroatoms. The lowest BCUT2D eigenvalue weighted by atomic mass is 9.86. The Morgan fingerprint density at radius 1 is 0.585 bits per heavy atom. The van der Waals surface area contributed by atoms with Gasteiger partial charge in [0.1, 0.15) is 0 Å². The highest BCUT2D eigenvalue weighted by Crippen LogP contribution is 2.41. The molecule has 1 saturated heterocycles. The molecule has 1 fully saturated rings. The van der Waals surface area contributed by atoms with Gasteiger partial charge in [0.05, 0.1) is 18.8 Å². The van der Waals surface area contributed by atoms with Crippen LogP contribution >= 0.6 is 30.6 Å². The van der Waals surface area contributed by atoms with Gasteiger partial charge in [-0.15, -0.1) is 22.7 Å². The third-order valence-electron chi connectivity index (χ3n) is 11.9. The van der Waals surface area contributed by atoms with Crippen LogP contribution in [0.1, 0.15) is 80.7 Å². The van der Waals surface area contributed by atoms with Crippen molar-refractivity contribution in [3.8, 4) is 0 Å². The van der Waals surface area contributed by atoms with Gasteiger partial charge in [0, 0.05) is 46.3 Å². The van der Waals surface area contributed by atoms with E-state index in [0.717, 1.165) is 45.3 Å². The summed E-state index contributed by atoms with van der Waals surface area (Å²) in [5.74, 6) is 0.479. The summed E-state index contributed by atoms with van der Waals surface area (Å²) in [5.41, 5.74) is 22.2. The molecule has 4 unspecified atom stereocenters. The zero-order chi connectivity index (χ0) is 44.4. The maximum atomic E-state index is 10.2. The molecule has 6 N–H and O–H groups in total. The average Bonchev–Trinajstić information content (AvgIpc) is 4.16. The van der Waals surface area contributed by atoms with Crippen molar-refractivity contribution >= 4 is 46.5 Å². The fourth-order valence-electron chi connectivity index (χ4n) is 8.81. The number of azide groups is 1. The quantitative estimate of drug-likeness (QED) is 0.0540. The number of fused-ring (bicyclic) bond motifs is 4. The lowest BCUT2D eigenvalue weighted by molar-refractivity contribution is 0.167. The van der Waals surface area contributed by atoms with Crippen LogP contribution in [0.15, 0.2) is 168 Å². The summed E-state index contributed by atoms with van der Waals surface area (Å²) in [5, 5.41) is 32.1. The fraction of sp³-hybridized carbons (Fsp3) is 0.296. The summed E-state index contributed by atoms with van der Waals surface area (Å²) >= 11 is 3.63. The first-order chi connectivity index (χ1) is 31.5. The van der Waals surface area contributed by atoms with E-state index in [0.29, 0.717) is 18.9 Å². The Morgan fingerprint density at radius 2 is 1.00 bits per heavy atom. The molecular weight excluding hydrogens is 864 g/mol. The first-order valence-electron chi connectivity index (χ1n) is 22.4. The van der Waals surface area contributed by atoms with E-state index < -0.39 is 20.1 Å². The minimum Gasteiger partial charge on any atom is -0.412 e. The van der Waals surface area contributed by atoms with Crippen molar-refractivity contribution in [1.82, 2.24) is 0 Å². The number of benzene rings is 5. The first-order valence-corrected chi connectivity index (χ1v) is 25.5. The van der Waals surface area contributed by atoms with Crippen LogP contribution in [0, 0.1) is 0 Å². The molecule has 0 amide bonds. The van der Waals surface area contributed by atoms with Crippen LogP contribution in [0.4, 0.5) is 0 Å². The maximum absolute atomic E-state index is 10.2. The molecule has 4 atom stereocenters. The second-order valence-electron chi connectivity index (χ2n) is 16.2. The SMILES string of the molecule is C1CCOC1.NCC(O)CC1c2ccccc2CCc2sccc21.O.[N-]=[N+]=NCC(O)CC1c2ccccc2CCc2sccc21.c1ccc(P(c2ccccc2)c2ccccc2)cc1. The summed E-state index contributed by atoms with van der Waals surface area (Å²) in [7, 11) is -0.446. The Hall–Kier alpha value is -4.96. The van der Waals surface area contributed by atoms with Gasteiger partial charge in [-0.25, -0.2) is 0 Å². The molecule has 5 aromatic carbocycles. The van der Waals surface area contributed by atoms with E-state index in [2.05, 4.69) is 172 Å². The molecule has 0 radical (unpaired) electrons. The Balaban J connectivity index is 0.000000152. The highest BCUT2D eigenvalue weighted by molar-refractivity contribution is 7.79. The monoisotopic (exact) mass is 924 g/mol. The predicted molar refractivity (Wildman–Crippen MR) is 273 cm³/mol. The fourth-order valence-corrected chi connectivity index (χ4v) is 13.0. The number of hydrogen-bond acceptors (Lipinski definition) is 7. The zero-order valence-corrected chi connectivity index (χ0v) is 39.4. The van der Waals surface area contributed by atoms with Gasteiger partial charge in [-0.05, 0) is 137 Å². The number of aryl methyl sites for hydroxylation is 4. The van der Waals surface area contributed by atoms with Gasteiger partial charge in [-0.2, -0.15) is 0 Å². The zero-order valence-electron chi connectivity index (χ0n) is 36.9. The molecule has 3 aliphatic rings. The number of ether oxygens (including phenoxy) is 1. The van der Waals surface area contributed by atoms with Crippen molar-refractivity contribution in [3.05, 3.63) is 216 Å². The second kappa shape index (κ2) is 26.3. The molecule has 10 rings (SSSR count). The number of aliphatic hydroxyl groups is 2. The minimum atomic E-state index is -0.607. The Bertz CT molecular complexity index is 2390. The topological polar surface area (TPSA) is 156 Å². The van der Waals surface area contributed by atoms with Crippen molar-refractivity contribution in [1.29, 1.82) is 0 Å². The van der Waals surface area contributed by atoms with E-state index in [9.17, 15) is 10.2 Å². The van der Waals surface area contributed by atoms with E-state index in [1.54, 1.807) is 11.3 Å². The van der Waals surface area contributed by atoms with Crippen molar-refractivity contribution in [2.24, 2.45) is 10.8 Å². The standard InChI is InChI=1S/C18H15P.C16H17N3OS.C16H19NOS.C4H8O.H2O/c1-4-10-16(11-5-1)19(17-12-6-2-7-13-17)18-14-8-3-9-15-18;17-19-18-10-12(20)9-15-13-4-2-1-3-11(13)5-6-16-14(15)7-8-21-16;17-10-12(18)9-15-13-4-2-1-3-11(13)5-6-16-14(15)7-8-19-16;1-2-4-5-3-1;/h1-15H;1-4,7-8,12,15,20H,5-6,9-10H2;1-4,7-8,12,15,18H,5-6,9-10,17H2;1-4H2;1H2. The van der Waals surface area contributed by atoms with Gasteiger partial charge < -0.3 is 26.2 Å². The molecule has 8 nitrogen and oxygen atoms in total. The number of rotatable bonds is 10. The van der Waals surface area contributed by atoms with Gasteiger partial charge in [0.2, 0.25) is 0 Å². The second-order valence-corrected chi connectivity index (χ2v) is 20.4. The normalized spacial score (nSPS) is 16.4. The molecule has 338 valence electrons. The average molecular weight is 925 g/mol. The highest BCUT2D eigenvalue weighted by Gasteiger charge is 2.27. The van der Waals surface area contributed by atoms with Gasteiger partial charge in [-0.3, -0.25) is 0 Å². The van der Waals surface area contributed by atoms with Crippen molar-refractivity contribution < 1.29 is 20.4 Å². The summed E-state index contributed by atoms with van der Waals surface area (Å²) < 4.78 is 4.94. The van der Waals surface area contributed by atoms with Crippen LogP contribution in [-0.2, 0) is 30.4 Å². The van der Waals surface area contributed by atoms with Crippen LogP contribution in [0.3, 0.4) is 0 Å². The molecule has 65 heavy (non-hydrogen) atoms. The Labute approximate surface area is 393 Å². The number of nitrogens with two attached hydrogens (primary N) is 1. The molecule has 2 aromatic heterocycles. The lowest BCUT2D eigenvalue weighted by Crippen LogP contribution is -2.23. The van der Waals surface area contributed by atoms with Crippen LogP contribution in [0.5, 0.6) is 0 Å². The summed E-state index contributed by atoms with van der Waals surface area (Å²) in [6, 6.07) is 53.8. The molecule has 1 aliphatic heterocycles. The van der Waals surface area contributed by atoms with Crippen LogP contribution in [0.2, 0.25) is 0 Å². The molecule has 2 aliphatic carbocycles. The van der Waals surface area contributed by atoms with Crippen LogP contribution in [0.25, 0.3) is 10.4 Å². The van der Waals surface area contributed by atoms with Gasteiger partial charge >= 0.3 is 0 Å². The maximum Gasteiger partial charge on any atom is 0.0671 e. The molecule has 7 aromatic rings. The third kappa shape index (κ3) is 13.8. The molecule has 0 bridgehead atoms. The van der Waals surface area contributed by atoms with Crippen LogP contribution in [-0.4, -0.2) is 54.2 Å². The van der Waals surface area contributed by atoms with E-state index in [1.165, 1.54) is 71.9 Å². The molecule has 0 spiro atoms. The largest absolute Gasteiger partial charge is 0.412 e. The Morgan fingerprint density at radius 3 is 1.40 bits per heavy atom. The van der Waals surface area contributed by atoms with Crippen LogP contribution < -0.4 is 21.6 Å². The lowest BCUT2D eigenvalue weighted by Gasteiger charge is -2.21. The van der Waals surface area contributed by atoms with Crippen molar-refractivity contribution in [2.75, 3.05) is 26.3 Å². The van der Waals surface area contributed by atoms with Crippen molar-refractivity contribution in [2.45, 2.75) is 75.4 Å². The van der Waals surface area contributed by atoms with Gasteiger partial charge in [0.25, 0.3) is 0 Å². The number of thiophene rings is 2. The summed E-state index contributed by atoms with van der Waals surface area (Å²) in [6.45, 7) is 2.47. The third-order valence-corrected chi connectivity index (χ3v) is 16.4. The smallest absolute Gasteiger partial charge is 0.0671 e. The summed E-state index contributed by atoms with van der Waals surface area (Å²) in [4.78, 5) is 5.61. The summed E-state index contributed by atoms with van der Waals surface area (Å²) in [6.07, 6.45) is 7.16. The van der Waals surface area contributed by atoms with Gasteiger partial charge in [0.15, 0.2) is 0 Å². The number of aliphatic hydroxyl groups excluding tert-OH is 2. The van der Waals surface area contributed by atoms with E-state index >= 15 is 0 Å². The molecular formula is C54H61N4O4PS2. The van der Waals surface area contributed by atoms with E-state index in [-0.39, 0.29) is 17.9 Å². The Kier molecular flexibility index (Phi) is 20.0. The number of hydrogen-bond donors (Lipinski definition) is 3. The first kappa shape index (κ1) is 49.5. The van der Waals surface area contributed by atoms with Gasteiger partial charge in [-0.1, -0.05) is 145 Å². The molecule has 0 saturated carbocycles. The van der Waals surface area contributed by atoms with Crippen molar-refractivity contribution in [3.63, 3.8) is 0 Å².